The van der Waals surface area contributed by atoms with E-state index in [1.165, 1.54) is 48.7 Å². The van der Waals surface area contributed by atoms with Crippen molar-refractivity contribution in [3.8, 4) is 6.07 Å². The highest BCUT2D eigenvalue weighted by molar-refractivity contribution is 6.39. The second-order valence-corrected chi connectivity index (χ2v) is 4.69. The largest absolute Gasteiger partial charge is 0.329 e. The number of hydrazone groups is 1. The van der Waals surface area contributed by atoms with Crippen molar-refractivity contribution in [3.05, 3.63) is 69.8 Å². The van der Waals surface area contributed by atoms with Gasteiger partial charge in [0.25, 0.3) is 5.69 Å². The molecule has 0 saturated heterocycles. The number of carbonyl (C=O) groups excluding carboxylic acids is 2. The molecule has 0 atom stereocenters. The van der Waals surface area contributed by atoms with Crippen molar-refractivity contribution in [2.75, 3.05) is 5.32 Å². The van der Waals surface area contributed by atoms with Crippen LogP contribution in [0.2, 0.25) is 0 Å². The van der Waals surface area contributed by atoms with E-state index in [0.717, 1.165) is 0 Å². The normalized spacial score (nSPS) is 10.0. The molecular weight excluding hydrogens is 326 g/mol. The monoisotopic (exact) mass is 337 g/mol. The second-order valence-electron chi connectivity index (χ2n) is 4.69. The minimum absolute atomic E-state index is 0.117. The number of nitrogens with one attached hydrogen (secondary N) is 2. The lowest BCUT2D eigenvalue weighted by Crippen LogP contribution is -2.32. The Morgan fingerprint density at radius 3 is 2.52 bits per heavy atom. The standard InChI is InChI=1S/C16H11N5O4/c17-9-11-4-6-13(7-5-11)19-15(22)16(23)20-18-10-12-2-1-3-14(8-12)21(24)25/h1-8,10H,(H,19,22)(H,20,23)/b18-10+. The molecule has 0 unspecified atom stereocenters. The third-order valence-corrected chi connectivity index (χ3v) is 2.94. The van der Waals surface area contributed by atoms with Crippen molar-refractivity contribution in [1.29, 1.82) is 5.26 Å². The van der Waals surface area contributed by atoms with Crippen LogP contribution in [0.15, 0.2) is 53.6 Å². The summed E-state index contributed by atoms with van der Waals surface area (Å²) in [6.07, 6.45) is 1.18. The summed E-state index contributed by atoms with van der Waals surface area (Å²) >= 11 is 0. The Kier molecular flexibility index (Phi) is 5.52. The number of anilines is 1. The van der Waals surface area contributed by atoms with Crippen molar-refractivity contribution in [2.45, 2.75) is 0 Å². The SMILES string of the molecule is N#Cc1ccc(NC(=O)C(=O)N/N=C/c2cccc([N+](=O)[O-])c2)cc1. The number of non-ortho nitro benzene ring substituents is 1. The minimum atomic E-state index is -1.01. The molecule has 0 heterocycles. The lowest BCUT2D eigenvalue weighted by Gasteiger charge is -2.03. The maximum atomic E-state index is 11.7. The number of nitrogens with zero attached hydrogens (tertiary/aromatic N) is 3. The number of nitro groups is 1. The predicted molar refractivity (Wildman–Crippen MR) is 88.6 cm³/mol. The Hall–Kier alpha value is -4.06. The molecule has 0 fully saturated rings. The fourth-order valence-electron chi connectivity index (χ4n) is 1.75. The van der Waals surface area contributed by atoms with E-state index in [0.29, 0.717) is 16.8 Å². The van der Waals surface area contributed by atoms with Gasteiger partial charge in [0.1, 0.15) is 0 Å². The first-order valence-electron chi connectivity index (χ1n) is 6.88. The summed E-state index contributed by atoms with van der Waals surface area (Å²) in [5.74, 6) is -1.95. The van der Waals surface area contributed by atoms with E-state index in [-0.39, 0.29) is 5.69 Å². The first-order valence-corrected chi connectivity index (χ1v) is 6.88. The Bertz CT molecular complexity index is 884. The third kappa shape index (κ3) is 4.97. The van der Waals surface area contributed by atoms with Crippen LogP contribution in [-0.2, 0) is 9.59 Å². The molecule has 0 aliphatic heterocycles. The summed E-state index contributed by atoms with van der Waals surface area (Å²) in [7, 11) is 0. The van der Waals surface area contributed by atoms with Crippen LogP contribution in [0.4, 0.5) is 11.4 Å². The van der Waals surface area contributed by atoms with Gasteiger partial charge in [-0.2, -0.15) is 10.4 Å². The number of carbonyl (C=O) groups is 2. The van der Waals surface area contributed by atoms with Gasteiger partial charge in [0.05, 0.1) is 22.8 Å². The highest BCUT2D eigenvalue weighted by Gasteiger charge is 2.12. The van der Waals surface area contributed by atoms with Crippen molar-refractivity contribution in [1.82, 2.24) is 5.43 Å². The van der Waals surface area contributed by atoms with Crippen LogP contribution < -0.4 is 10.7 Å². The van der Waals surface area contributed by atoms with Crippen LogP contribution >= 0.6 is 0 Å². The van der Waals surface area contributed by atoms with E-state index in [2.05, 4.69) is 10.4 Å². The Balaban J connectivity index is 1.92. The third-order valence-electron chi connectivity index (χ3n) is 2.94. The Morgan fingerprint density at radius 2 is 1.88 bits per heavy atom. The molecule has 9 nitrogen and oxygen atoms in total. The minimum Gasteiger partial charge on any atom is -0.318 e. The lowest BCUT2D eigenvalue weighted by molar-refractivity contribution is -0.384. The fourth-order valence-corrected chi connectivity index (χ4v) is 1.75. The number of nitro benzene ring substituents is 1. The van der Waals surface area contributed by atoms with Gasteiger partial charge in [-0.05, 0) is 24.3 Å². The summed E-state index contributed by atoms with van der Waals surface area (Å²) in [6.45, 7) is 0. The zero-order chi connectivity index (χ0) is 18.2. The van der Waals surface area contributed by atoms with E-state index in [9.17, 15) is 19.7 Å². The smallest absolute Gasteiger partial charge is 0.318 e. The first kappa shape index (κ1) is 17.3. The van der Waals surface area contributed by atoms with E-state index < -0.39 is 16.7 Å². The molecular formula is C16H11N5O4. The maximum Gasteiger partial charge on any atom is 0.329 e. The van der Waals surface area contributed by atoms with Gasteiger partial charge in [0.15, 0.2) is 0 Å². The average molecular weight is 337 g/mol. The number of rotatable bonds is 4. The van der Waals surface area contributed by atoms with Crippen molar-refractivity contribution in [2.24, 2.45) is 5.10 Å². The number of amides is 2. The summed E-state index contributed by atoms with van der Waals surface area (Å²) in [5.41, 5.74) is 3.06. The molecule has 0 aliphatic carbocycles. The number of hydrogen-bond donors (Lipinski definition) is 2. The molecule has 0 aliphatic rings. The van der Waals surface area contributed by atoms with Gasteiger partial charge >= 0.3 is 11.8 Å². The Labute approximate surface area is 141 Å². The predicted octanol–water partition coefficient (Wildman–Crippen LogP) is 1.56. The van der Waals surface area contributed by atoms with Crippen LogP contribution in [0.1, 0.15) is 11.1 Å². The van der Waals surface area contributed by atoms with E-state index in [4.69, 9.17) is 5.26 Å². The maximum absolute atomic E-state index is 11.7. The average Bonchev–Trinajstić information content (AvgIpc) is 2.62. The van der Waals surface area contributed by atoms with E-state index >= 15 is 0 Å². The van der Waals surface area contributed by atoms with Gasteiger partial charge in [-0.3, -0.25) is 19.7 Å². The Morgan fingerprint density at radius 1 is 1.16 bits per heavy atom. The van der Waals surface area contributed by atoms with E-state index in [1.54, 1.807) is 6.07 Å². The second kappa shape index (κ2) is 7.98. The molecule has 0 saturated carbocycles. The summed E-state index contributed by atoms with van der Waals surface area (Å²) in [5, 5.41) is 25.3. The fraction of sp³-hybridized carbons (Fsp3) is 0. The first-order chi connectivity index (χ1) is 12.0. The molecule has 25 heavy (non-hydrogen) atoms. The van der Waals surface area contributed by atoms with Crippen LogP contribution in [-0.4, -0.2) is 23.0 Å². The molecule has 2 amide bonds. The number of hydrogen-bond acceptors (Lipinski definition) is 6. The van der Waals surface area contributed by atoms with Gasteiger partial charge in [0.2, 0.25) is 0 Å². The number of benzene rings is 2. The van der Waals surface area contributed by atoms with Crippen LogP contribution in [0.25, 0.3) is 0 Å². The molecule has 0 bridgehead atoms. The zero-order valence-electron chi connectivity index (χ0n) is 12.7. The molecule has 9 heteroatoms. The lowest BCUT2D eigenvalue weighted by atomic mass is 10.2. The highest BCUT2D eigenvalue weighted by atomic mass is 16.6. The van der Waals surface area contributed by atoms with Gasteiger partial charge in [0, 0.05) is 23.4 Å². The molecule has 124 valence electrons. The topological polar surface area (TPSA) is 137 Å². The molecule has 0 spiro atoms. The summed E-state index contributed by atoms with van der Waals surface area (Å²) < 4.78 is 0. The van der Waals surface area contributed by atoms with Gasteiger partial charge in [-0.15, -0.1) is 0 Å². The van der Waals surface area contributed by atoms with Crippen molar-refractivity contribution < 1.29 is 14.5 Å². The van der Waals surface area contributed by atoms with E-state index in [1.807, 2.05) is 11.5 Å². The molecule has 2 rings (SSSR count). The molecule has 0 aromatic heterocycles. The van der Waals surface area contributed by atoms with Gasteiger partial charge in [-0.1, -0.05) is 12.1 Å². The summed E-state index contributed by atoms with van der Waals surface area (Å²) in [4.78, 5) is 33.4. The molecule has 0 radical (unpaired) electrons. The zero-order valence-corrected chi connectivity index (χ0v) is 12.7. The van der Waals surface area contributed by atoms with Crippen LogP contribution in [0.5, 0.6) is 0 Å². The number of nitriles is 1. The van der Waals surface area contributed by atoms with Crippen LogP contribution in [0, 0.1) is 21.4 Å². The van der Waals surface area contributed by atoms with Crippen molar-refractivity contribution in [3.63, 3.8) is 0 Å². The molecule has 2 aromatic carbocycles. The summed E-state index contributed by atoms with van der Waals surface area (Å²) in [6, 6.07) is 13.5. The quantitative estimate of drug-likeness (QED) is 0.377. The van der Waals surface area contributed by atoms with Crippen molar-refractivity contribution >= 4 is 29.4 Å². The molecule has 2 aromatic rings. The van der Waals surface area contributed by atoms with Gasteiger partial charge < -0.3 is 5.32 Å². The molecule has 2 N–H and O–H groups in total. The van der Waals surface area contributed by atoms with Gasteiger partial charge in [-0.25, -0.2) is 5.43 Å². The highest BCUT2D eigenvalue weighted by Crippen LogP contribution is 2.11. The van der Waals surface area contributed by atoms with Crippen LogP contribution in [0.3, 0.4) is 0 Å².